The Morgan fingerprint density at radius 3 is 1.79 bits per heavy atom. The molecule has 0 bridgehead atoms. The Morgan fingerprint density at radius 1 is 0.768 bits per heavy atom. The molecule has 56 heavy (non-hydrogen) atoms. The molecule has 6 aromatic rings. The van der Waals surface area contributed by atoms with Gasteiger partial charge >= 0.3 is 0 Å². The van der Waals surface area contributed by atoms with Crippen LogP contribution in [0.4, 0.5) is 21.6 Å². The van der Waals surface area contributed by atoms with Gasteiger partial charge in [-0.3, -0.25) is 9.59 Å². The Kier molecular flexibility index (Phi) is 12.7. The topological polar surface area (TPSA) is 190 Å². The molecule has 0 radical (unpaired) electrons. The van der Waals surface area contributed by atoms with Gasteiger partial charge in [0.15, 0.2) is 22.9 Å². The van der Waals surface area contributed by atoms with Crippen LogP contribution in [0.2, 0.25) is 25.7 Å². The minimum Gasteiger partial charge on any atom is -0.361 e. The third kappa shape index (κ3) is 11.4. The molecular weight excluding hydrogens is 765 g/mol. The number of aromatic amines is 1. The zero-order valence-corrected chi connectivity index (χ0v) is 37.2. The molecule has 6 heterocycles. The maximum atomic E-state index is 13.1. The Bertz CT molecular complexity index is 2340. The van der Waals surface area contributed by atoms with Crippen LogP contribution in [0.15, 0.2) is 24.5 Å². The SMILES string of the molecule is Cc1cc(Nc2nc3c(C(=O)NC(C)(C)C)c[nH]c3nc2C)sn1.Cc1cc(Nc2nc3c(C(=O)NC(C)(C)C)cn(COCC[Si](C)(C)C)c3nc2C)sn1. The number of carbonyl (C=O) groups excluding carboxylic acids is 2. The smallest absolute Gasteiger partial charge is 0.255 e. The van der Waals surface area contributed by atoms with Crippen molar-refractivity contribution in [1.29, 1.82) is 0 Å². The van der Waals surface area contributed by atoms with E-state index in [1.807, 2.05) is 85.9 Å². The first-order valence-corrected chi connectivity index (χ1v) is 23.7. The van der Waals surface area contributed by atoms with Crippen LogP contribution in [0, 0.1) is 27.7 Å². The summed E-state index contributed by atoms with van der Waals surface area (Å²) in [7, 11) is -1.18. The van der Waals surface area contributed by atoms with Crippen molar-refractivity contribution in [1.82, 2.24) is 48.9 Å². The number of hydrogen-bond donors (Lipinski definition) is 5. The average molecular weight is 819 g/mol. The summed E-state index contributed by atoms with van der Waals surface area (Å²) in [6.07, 6.45) is 3.44. The lowest BCUT2D eigenvalue weighted by atomic mass is 10.1. The summed E-state index contributed by atoms with van der Waals surface area (Å²) in [5.74, 6) is 0.881. The molecule has 6 rings (SSSR count). The van der Waals surface area contributed by atoms with Gasteiger partial charge in [-0.25, -0.2) is 19.9 Å². The van der Waals surface area contributed by atoms with Gasteiger partial charge in [0.2, 0.25) is 0 Å². The molecule has 0 aromatic carbocycles. The quantitative estimate of drug-likeness (QED) is 0.0624. The standard InChI is InChI=1S/C22H34N6O2SSi.C16H20N6OS/c1-14-11-17(31-27-14)24-19-15(2)23-20-18(25-19)16(21(29)26-22(3,4)5)12-28(20)13-30-9-10-32(6,7)8;1-8-6-11(24-22-8)19-13-9(2)18-14-12(20-13)10(7-17-14)15(23)21-16(3,4)5/h11-12H,9-10,13H2,1-8H3,(H,24,25)(H,26,29);6-7H,1-5H3,(H,17,18)(H,19,20)(H,21,23). The number of carbonyl (C=O) groups is 2. The lowest BCUT2D eigenvalue weighted by Gasteiger charge is -2.20. The zero-order chi connectivity index (χ0) is 41.2. The Hall–Kier alpha value is -4.78. The summed E-state index contributed by atoms with van der Waals surface area (Å²) in [5, 5.41) is 14.3. The number of nitrogens with zero attached hydrogens (tertiary/aromatic N) is 7. The first-order valence-electron chi connectivity index (χ1n) is 18.4. The van der Waals surface area contributed by atoms with Crippen LogP contribution >= 0.6 is 23.1 Å². The second-order valence-corrected chi connectivity index (χ2v) is 24.3. The fourth-order valence-corrected chi connectivity index (χ4v) is 7.37. The first kappa shape index (κ1) is 42.4. The van der Waals surface area contributed by atoms with Gasteiger partial charge in [0.1, 0.15) is 27.8 Å². The van der Waals surface area contributed by atoms with Crippen LogP contribution in [0.5, 0.6) is 0 Å². The molecule has 0 unspecified atom stereocenters. The van der Waals surface area contributed by atoms with E-state index in [9.17, 15) is 9.59 Å². The van der Waals surface area contributed by atoms with E-state index in [0.717, 1.165) is 38.8 Å². The Morgan fingerprint density at radius 2 is 1.29 bits per heavy atom. The van der Waals surface area contributed by atoms with Crippen LogP contribution in [0.1, 0.15) is 85.0 Å². The van der Waals surface area contributed by atoms with Crippen molar-refractivity contribution in [3.05, 3.63) is 58.4 Å². The van der Waals surface area contributed by atoms with E-state index in [4.69, 9.17) is 14.7 Å². The normalized spacial score (nSPS) is 12.1. The zero-order valence-electron chi connectivity index (χ0n) is 34.6. The Balaban J connectivity index is 0.000000223. The van der Waals surface area contributed by atoms with E-state index < -0.39 is 8.07 Å². The fourth-order valence-electron chi connectivity index (χ4n) is 5.29. The van der Waals surface area contributed by atoms with Gasteiger partial charge in [-0.05, 0) is 110 Å². The highest BCUT2D eigenvalue weighted by Gasteiger charge is 2.24. The van der Waals surface area contributed by atoms with Gasteiger partial charge in [-0.15, -0.1) is 0 Å². The minimum absolute atomic E-state index is 0.175. The molecule has 15 nitrogen and oxygen atoms in total. The number of amides is 2. The van der Waals surface area contributed by atoms with Crippen LogP contribution in [0.25, 0.3) is 22.3 Å². The van der Waals surface area contributed by atoms with Crippen molar-refractivity contribution in [3.8, 4) is 0 Å². The molecule has 0 aliphatic carbocycles. The fraction of sp³-hybridized carbons (Fsp3) is 0.474. The summed E-state index contributed by atoms with van der Waals surface area (Å²) >= 11 is 2.73. The third-order valence-corrected chi connectivity index (χ3v) is 11.3. The van der Waals surface area contributed by atoms with Crippen molar-refractivity contribution in [3.63, 3.8) is 0 Å². The second-order valence-electron chi connectivity index (χ2n) is 17.1. The molecular formula is C38H54N12O3S2Si. The molecule has 0 fully saturated rings. The highest BCUT2D eigenvalue weighted by atomic mass is 32.1. The number of fused-ring (bicyclic) bond motifs is 2. The number of anilines is 4. The van der Waals surface area contributed by atoms with Crippen molar-refractivity contribution in [2.24, 2.45) is 0 Å². The van der Waals surface area contributed by atoms with E-state index in [1.54, 1.807) is 12.4 Å². The summed E-state index contributed by atoms with van der Waals surface area (Å²) in [6, 6.07) is 4.98. The number of nitrogens with one attached hydrogen (secondary N) is 5. The van der Waals surface area contributed by atoms with Crippen molar-refractivity contribution < 1.29 is 14.3 Å². The van der Waals surface area contributed by atoms with Crippen LogP contribution in [-0.4, -0.2) is 75.8 Å². The highest BCUT2D eigenvalue weighted by Crippen LogP contribution is 2.28. The van der Waals surface area contributed by atoms with E-state index >= 15 is 0 Å². The van der Waals surface area contributed by atoms with Gasteiger partial charge in [0.25, 0.3) is 11.8 Å². The first-order chi connectivity index (χ1) is 26.0. The number of ether oxygens (including phenoxy) is 1. The molecule has 0 spiro atoms. The molecule has 0 aliphatic heterocycles. The Labute approximate surface area is 337 Å². The van der Waals surface area contributed by atoms with Crippen LogP contribution < -0.4 is 21.3 Å². The molecule has 2 amide bonds. The molecule has 0 atom stereocenters. The third-order valence-electron chi connectivity index (χ3n) is 7.97. The van der Waals surface area contributed by atoms with Crippen molar-refractivity contribution in [2.45, 2.75) is 113 Å². The molecule has 0 saturated heterocycles. The van der Waals surface area contributed by atoms with Gasteiger partial charge in [-0.2, -0.15) is 8.75 Å². The van der Waals surface area contributed by atoms with Crippen LogP contribution in [0.3, 0.4) is 0 Å². The summed E-state index contributed by atoms with van der Waals surface area (Å²) in [5.41, 5.74) is 6.00. The second kappa shape index (κ2) is 16.8. The van der Waals surface area contributed by atoms with Gasteiger partial charge < -0.3 is 35.6 Å². The largest absolute Gasteiger partial charge is 0.361 e. The van der Waals surface area contributed by atoms with Gasteiger partial charge in [-0.1, -0.05) is 19.6 Å². The molecule has 18 heteroatoms. The van der Waals surface area contributed by atoms with E-state index in [0.29, 0.717) is 58.4 Å². The monoisotopic (exact) mass is 818 g/mol. The number of aromatic nitrogens is 8. The van der Waals surface area contributed by atoms with Crippen molar-refractivity contribution in [2.75, 3.05) is 17.2 Å². The van der Waals surface area contributed by atoms with E-state index in [-0.39, 0.29) is 22.9 Å². The van der Waals surface area contributed by atoms with Crippen molar-refractivity contribution >= 4 is 86.9 Å². The highest BCUT2D eigenvalue weighted by molar-refractivity contribution is 7.10. The maximum absolute atomic E-state index is 13.1. The number of rotatable bonds is 11. The predicted molar refractivity (Wildman–Crippen MR) is 230 cm³/mol. The molecule has 300 valence electrons. The number of hydrogen-bond acceptors (Lipinski definition) is 13. The van der Waals surface area contributed by atoms with Crippen LogP contribution in [-0.2, 0) is 11.5 Å². The molecule has 0 saturated carbocycles. The minimum atomic E-state index is -1.18. The molecule has 6 aromatic heterocycles. The van der Waals surface area contributed by atoms with E-state index in [1.165, 1.54) is 23.1 Å². The lowest BCUT2D eigenvalue weighted by molar-refractivity contribution is 0.0884. The van der Waals surface area contributed by atoms with E-state index in [2.05, 4.69) is 64.6 Å². The van der Waals surface area contributed by atoms with Gasteiger partial charge in [0.05, 0.1) is 33.9 Å². The number of H-pyrrole nitrogens is 1. The molecule has 5 N–H and O–H groups in total. The summed E-state index contributed by atoms with van der Waals surface area (Å²) in [6.45, 7) is 27.3. The summed E-state index contributed by atoms with van der Waals surface area (Å²) < 4.78 is 16.4. The average Bonchev–Trinajstić information content (AvgIpc) is 3.85. The lowest BCUT2D eigenvalue weighted by Crippen LogP contribution is -2.40. The molecule has 0 aliphatic rings. The summed E-state index contributed by atoms with van der Waals surface area (Å²) in [4.78, 5) is 47.2. The van der Waals surface area contributed by atoms with Gasteiger partial charge in [0, 0.05) is 38.2 Å². The predicted octanol–water partition coefficient (Wildman–Crippen LogP) is 8.39. The number of aryl methyl sites for hydroxylation is 4. The maximum Gasteiger partial charge on any atom is 0.255 e.